The van der Waals surface area contributed by atoms with Crippen LogP contribution in [0.25, 0.3) is 0 Å². The van der Waals surface area contributed by atoms with Crippen LogP contribution in [0, 0.1) is 10.8 Å². The van der Waals surface area contributed by atoms with E-state index in [-0.39, 0.29) is 11.9 Å². The van der Waals surface area contributed by atoms with Gasteiger partial charge in [0.2, 0.25) is 0 Å². The highest BCUT2D eigenvalue weighted by Crippen LogP contribution is 2.02. The molecule has 0 aliphatic carbocycles. The van der Waals surface area contributed by atoms with E-state index in [0.717, 1.165) is 5.76 Å². The second kappa shape index (κ2) is 4.31. The maximum atomic E-state index is 7.48. The van der Waals surface area contributed by atoms with Gasteiger partial charge in [-0.3, -0.25) is 16.1 Å². The Morgan fingerprint density at radius 3 is 2.86 bits per heavy atom. The Bertz CT molecular complexity index is 318. The summed E-state index contributed by atoms with van der Waals surface area (Å²) >= 11 is 0. The SMILES string of the molecule is CN(Cc1ccco1)C(=N)NC(=N)N. The van der Waals surface area contributed by atoms with E-state index in [1.807, 2.05) is 6.07 Å². The Morgan fingerprint density at radius 2 is 2.36 bits per heavy atom. The minimum Gasteiger partial charge on any atom is -0.467 e. The number of guanidine groups is 2. The normalized spacial score (nSPS) is 9.50. The van der Waals surface area contributed by atoms with Gasteiger partial charge in [0.25, 0.3) is 0 Å². The number of hydrogen-bond acceptors (Lipinski definition) is 3. The van der Waals surface area contributed by atoms with Gasteiger partial charge in [0, 0.05) is 7.05 Å². The highest BCUT2D eigenvalue weighted by molar-refractivity contribution is 5.94. The molecule has 0 bridgehead atoms. The molecule has 0 aliphatic rings. The Balaban J connectivity index is 2.46. The van der Waals surface area contributed by atoms with Crippen molar-refractivity contribution in [2.75, 3.05) is 7.05 Å². The Kier molecular flexibility index (Phi) is 3.11. The van der Waals surface area contributed by atoms with Crippen LogP contribution < -0.4 is 11.1 Å². The highest BCUT2D eigenvalue weighted by atomic mass is 16.3. The molecule has 76 valence electrons. The lowest BCUT2D eigenvalue weighted by Crippen LogP contribution is -2.43. The van der Waals surface area contributed by atoms with Crippen molar-refractivity contribution in [1.82, 2.24) is 10.2 Å². The van der Waals surface area contributed by atoms with E-state index < -0.39 is 0 Å². The van der Waals surface area contributed by atoms with Crippen molar-refractivity contribution in [1.29, 1.82) is 10.8 Å². The summed E-state index contributed by atoms with van der Waals surface area (Å²) in [7, 11) is 1.71. The Hall–Kier alpha value is -1.98. The van der Waals surface area contributed by atoms with Gasteiger partial charge in [-0.1, -0.05) is 0 Å². The topological polar surface area (TPSA) is 102 Å². The number of rotatable bonds is 2. The molecule has 1 rings (SSSR count). The Morgan fingerprint density at radius 1 is 1.64 bits per heavy atom. The third kappa shape index (κ3) is 2.81. The monoisotopic (exact) mass is 195 g/mol. The Labute approximate surface area is 81.7 Å². The first-order valence-corrected chi connectivity index (χ1v) is 4.02. The lowest BCUT2D eigenvalue weighted by atomic mass is 10.4. The lowest BCUT2D eigenvalue weighted by Gasteiger charge is -2.18. The predicted octanol–water partition coefficient (Wildman–Crippen LogP) is 0.129. The average Bonchev–Trinajstić information content (AvgIpc) is 2.55. The van der Waals surface area contributed by atoms with Gasteiger partial charge in [-0.15, -0.1) is 0 Å². The summed E-state index contributed by atoms with van der Waals surface area (Å²) in [5.41, 5.74) is 5.09. The van der Waals surface area contributed by atoms with Gasteiger partial charge in [-0.2, -0.15) is 0 Å². The molecule has 14 heavy (non-hydrogen) atoms. The van der Waals surface area contributed by atoms with Gasteiger partial charge in [0.15, 0.2) is 11.9 Å². The quantitative estimate of drug-likeness (QED) is 0.398. The van der Waals surface area contributed by atoms with Crippen LogP contribution in [-0.4, -0.2) is 23.9 Å². The zero-order valence-electron chi connectivity index (χ0n) is 7.87. The lowest BCUT2D eigenvalue weighted by molar-refractivity contribution is 0.403. The van der Waals surface area contributed by atoms with Crippen molar-refractivity contribution in [2.45, 2.75) is 6.54 Å². The van der Waals surface area contributed by atoms with Crippen molar-refractivity contribution in [2.24, 2.45) is 5.73 Å². The van der Waals surface area contributed by atoms with Crippen LogP contribution in [0.4, 0.5) is 0 Å². The molecule has 6 nitrogen and oxygen atoms in total. The standard InChI is InChI=1S/C8H13N5O/c1-13(8(11)12-7(9)10)5-6-3-2-4-14-6/h2-4H,5H2,1H3,(H5,9,10,11,12). The van der Waals surface area contributed by atoms with E-state index >= 15 is 0 Å². The number of nitrogens with zero attached hydrogens (tertiary/aromatic N) is 1. The molecule has 0 aliphatic heterocycles. The van der Waals surface area contributed by atoms with Gasteiger partial charge >= 0.3 is 0 Å². The second-order valence-corrected chi connectivity index (χ2v) is 2.82. The van der Waals surface area contributed by atoms with Crippen molar-refractivity contribution >= 4 is 11.9 Å². The second-order valence-electron chi connectivity index (χ2n) is 2.82. The van der Waals surface area contributed by atoms with E-state index in [4.69, 9.17) is 21.0 Å². The molecule has 5 N–H and O–H groups in total. The average molecular weight is 195 g/mol. The number of furan rings is 1. The zero-order valence-corrected chi connectivity index (χ0v) is 7.87. The molecule has 0 atom stereocenters. The predicted molar refractivity (Wildman–Crippen MR) is 53.0 cm³/mol. The molecular weight excluding hydrogens is 182 g/mol. The van der Waals surface area contributed by atoms with Crippen LogP contribution in [-0.2, 0) is 6.54 Å². The van der Waals surface area contributed by atoms with Crippen molar-refractivity contribution in [3.63, 3.8) is 0 Å². The summed E-state index contributed by atoms with van der Waals surface area (Å²) in [4.78, 5) is 1.58. The largest absolute Gasteiger partial charge is 0.467 e. The van der Waals surface area contributed by atoms with Crippen LogP contribution in [0.2, 0.25) is 0 Å². The van der Waals surface area contributed by atoms with E-state index in [0.29, 0.717) is 6.54 Å². The molecule has 0 spiro atoms. The van der Waals surface area contributed by atoms with E-state index in [9.17, 15) is 0 Å². The summed E-state index contributed by atoms with van der Waals surface area (Å²) in [5, 5.41) is 16.8. The van der Waals surface area contributed by atoms with Crippen LogP contribution in [0.3, 0.4) is 0 Å². The van der Waals surface area contributed by atoms with Crippen molar-refractivity contribution in [3.8, 4) is 0 Å². The molecule has 0 saturated heterocycles. The van der Waals surface area contributed by atoms with Gasteiger partial charge in [0.1, 0.15) is 5.76 Å². The minimum atomic E-state index is -0.249. The number of nitrogens with two attached hydrogens (primary N) is 1. The highest BCUT2D eigenvalue weighted by Gasteiger charge is 2.06. The molecule has 1 aromatic heterocycles. The first-order valence-electron chi connectivity index (χ1n) is 4.02. The molecule has 0 radical (unpaired) electrons. The molecule has 6 heteroatoms. The van der Waals surface area contributed by atoms with Crippen molar-refractivity contribution in [3.05, 3.63) is 24.2 Å². The zero-order chi connectivity index (χ0) is 10.6. The minimum absolute atomic E-state index is 0.0638. The maximum Gasteiger partial charge on any atom is 0.198 e. The summed E-state index contributed by atoms with van der Waals surface area (Å²) in [5.74, 6) is 0.567. The van der Waals surface area contributed by atoms with Crippen LogP contribution in [0.15, 0.2) is 22.8 Å². The molecule has 1 heterocycles. The summed E-state index contributed by atoms with van der Waals surface area (Å²) in [6, 6.07) is 3.60. The van der Waals surface area contributed by atoms with Gasteiger partial charge in [0.05, 0.1) is 12.8 Å². The molecule has 0 fully saturated rings. The van der Waals surface area contributed by atoms with Crippen LogP contribution >= 0.6 is 0 Å². The molecular formula is C8H13N5O. The summed E-state index contributed by atoms with van der Waals surface area (Å²) < 4.78 is 5.11. The third-order valence-electron chi connectivity index (χ3n) is 1.61. The number of hydrogen-bond donors (Lipinski definition) is 4. The molecule has 0 saturated carbocycles. The molecule has 0 amide bonds. The van der Waals surface area contributed by atoms with Gasteiger partial charge in [-0.25, -0.2) is 0 Å². The molecule has 0 aromatic carbocycles. The fourth-order valence-corrected chi connectivity index (χ4v) is 0.938. The van der Waals surface area contributed by atoms with E-state index in [2.05, 4.69) is 5.32 Å². The first kappa shape index (κ1) is 10.1. The first-order chi connectivity index (χ1) is 6.59. The fourth-order valence-electron chi connectivity index (χ4n) is 0.938. The summed E-state index contributed by atoms with van der Waals surface area (Å²) in [6.07, 6.45) is 1.57. The maximum absolute atomic E-state index is 7.48. The number of nitrogens with one attached hydrogen (secondary N) is 3. The fraction of sp³-hybridized carbons (Fsp3) is 0.250. The molecule has 0 unspecified atom stereocenters. The smallest absolute Gasteiger partial charge is 0.198 e. The van der Waals surface area contributed by atoms with Gasteiger partial charge < -0.3 is 15.1 Å². The van der Waals surface area contributed by atoms with Crippen molar-refractivity contribution < 1.29 is 4.42 Å². The molecule has 1 aromatic rings. The van der Waals surface area contributed by atoms with E-state index in [1.165, 1.54) is 0 Å². The van der Waals surface area contributed by atoms with E-state index in [1.54, 1.807) is 24.3 Å². The third-order valence-corrected chi connectivity index (χ3v) is 1.61. The van der Waals surface area contributed by atoms with Crippen LogP contribution in [0.5, 0.6) is 0 Å². The van der Waals surface area contributed by atoms with Gasteiger partial charge in [-0.05, 0) is 12.1 Å². The summed E-state index contributed by atoms with van der Waals surface area (Å²) in [6.45, 7) is 0.464. The van der Waals surface area contributed by atoms with Crippen LogP contribution in [0.1, 0.15) is 5.76 Å².